The molecular weight excluding hydrogens is 348 g/mol. The van der Waals surface area contributed by atoms with Gasteiger partial charge in [-0.15, -0.1) is 0 Å². The second-order valence-electron chi connectivity index (χ2n) is 5.48. The van der Waals surface area contributed by atoms with E-state index in [4.69, 9.17) is 9.47 Å². The summed E-state index contributed by atoms with van der Waals surface area (Å²) in [7, 11) is 1.32. The summed E-state index contributed by atoms with van der Waals surface area (Å²) in [5.41, 5.74) is 1.33. The van der Waals surface area contributed by atoms with Gasteiger partial charge in [-0.25, -0.2) is 4.79 Å². The molecule has 1 aliphatic rings. The Morgan fingerprint density at radius 2 is 2.00 bits per heavy atom. The van der Waals surface area contributed by atoms with Gasteiger partial charge in [0.1, 0.15) is 6.10 Å². The Morgan fingerprint density at radius 1 is 1.23 bits per heavy atom. The van der Waals surface area contributed by atoms with Crippen molar-refractivity contribution in [2.75, 3.05) is 12.4 Å². The highest BCUT2D eigenvalue weighted by Crippen LogP contribution is 2.34. The summed E-state index contributed by atoms with van der Waals surface area (Å²) in [5.74, 6) is -0.997. The van der Waals surface area contributed by atoms with Crippen molar-refractivity contribution in [3.8, 4) is 11.5 Å². The molecule has 1 heterocycles. The van der Waals surface area contributed by atoms with Crippen LogP contribution >= 0.6 is 0 Å². The quantitative estimate of drug-likeness (QED) is 0.795. The Morgan fingerprint density at radius 3 is 2.73 bits per heavy atom. The molecule has 26 heavy (non-hydrogen) atoms. The number of anilines is 1. The second kappa shape index (κ2) is 7.38. The SMILES string of the molecule is COc1ccc(NC(=O)CC2OC(=O)c3ccccc32)cc1OC(F)F. The summed E-state index contributed by atoms with van der Waals surface area (Å²) in [6, 6.07) is 10.9. The van der Waals surface area contributed by atoms with Gasteiger partial charge in [0, 0.05) is 17.3 Å². The summed E-state index contributed by atoms with van der Waals surface area (Å²) in [6.07, 6.45) is -0.784. The number of cyclic esters (lactones) is 1. The van der Waals surface area contributed by atoms with Crippen molar-refractivity contribution >= 4 is 17.6 Å². The van der Waals surface area contributed by atoms with Gasteiger partial charge in [-0.1, -0.05) is 18.2 Å². The predicted molar refractivity (Wildman–Crippen MR) is 87.5 cm³/mol. The van der Waals surface area contributed by atoms with Crippen LogP contribution in [0.4, 0.5) is 14.5 Å². The third kappa shape index (κ3) is 3.74. The molecule has 2 aromatic rings. The molecule has 0 radical (unpaired) electrons. The standard InChI is InChI=1S/C18H15F2NO5/c1-24-13-7-6-10(8-15(13)26-18(19)20)21-16(22)9-14-11-4-2-3-5-12(11)17(23)25-14/h2-8,14,18H,9H2,1H3,(H,21,22). The molecule has 136 valence electrons. The average Bonchev–Trinajstić information content (AvgIpc) is 2.91. The van der Waals surface area contributed by atoms with Crippen LogP contribution in [0.15, 0.2) is 42.5 Å². The minimum absolute atomic E-state index is 0.0974. The summed E-state index contributed by atoms with van der Waals surface area (Å²) in [5, 5.41) is 2.57. The van der Waals surface area contributed by atoms with Crippen LogP contribution in [0.1, 0.15) is 28.4 Å². The first-order valence-corrected chi connectivity index (χ1v) is 7.70. The molecule has 0 bridgehead atoms. The molecular formula is C18H15F2NO5. The van der Waals surface area contributed by atoms with Crippen LogP contribution in [-0.2, 0) is 9.53 Å². The number of esters is 1. The fourth-order valence-electron chi connectivity index (χ4n) is 2.69. The van der Waals surface area contributed by atoms with Gasteiger partial charge in [-0.2, -0.15) is 8.78 Å². The zero-order valence-corrected chi connectivity index (χ0v) is 13.7. The zero-order chi connectivity index (χ0) is 18.7. The number of benzene rings is 2. The molecule has 0 aliphatic carbocycles. The molecule has 0 saturated heterocycles. The van der Waals surface area contributed by atoms with E-state index in [1.54, 1.807) is 24.3 Å². The summed E-state index contributed by atoms with van der Waals surface area (Å²) in [6.45, 7) is -3.02. The molecule has 0 spiro atoms. The van der Waals surface area contributed by atoms with Crippen molar-refractivity contribution in [2.24, 2.45) is 0 Å². The van der Waals surface area contributed by atoms with E-state index in [9.17, 15) is 18.4 Å². The van der Waals surface area contributed by atoms with Gasteiger partial charge in [-0.3, -0.25) is 4.79 Å². The van der Waals surface area contributed by atoms with Gasteiger partial charge in [0.25, 0.3) is 0 Å². The maximum Gasteiger partial charge on any atom is 0.387 e. The number of halogens is 2. The highest BCUT2D eigenvalue weighted by atomic mass is 19.3. The highest BCUT2D eigenvalue weighted by Gasteiger charge is 2.32. The normalized spacial score (nSPS) is 15.4. The first-order chi connectivity index (χ1) is 12.5. The summed E-state index contributed by atoms with van der Waals surface area (Å²) >= 11 is 0. The van der Waals surface area contributed by atoms with E-state index in [1.807, 2.05) is 0 Å². The number of nitrogens with one attached hydrogen (secondary N) is 1. The third-order valence-corrected chi connectivity index (χ3v) is 3.81. The van der Waals surface area contributed by atoms with Crippen molar-refractivity contribution in [1.82, 2.24) is 0 Å². The van der Waals surface area contributed by atoms with Crippen LogP contribution in [0.5, 0.6) is 11.5 Å². The summed E-state index contributed by atoms with van der Waals surface area (Å²) in [4.78, 5) is 24.0. The minimum Gasteiger partial charge on any atom is -0.493 e. The maximum atomic E-state index is 12.5. The number of hydrogen-bond donors (Lipinski definition) is 1. The van der Waals surface area contributed by atoms with E-state index >= 15 is 0 Å². The number of alkyl halides is 2. The van der Waals surface area contributed by atoms with Crippen molar-refractivity contribution in [3.63, 3.8) is 0 Å². The van der Waals surface area contributed by atoms with E-state index < -0.39 is 24.6 Å². The number of ether oxygens (including phenoxy) is 3. The smallest absolute Gasteiger partial charge is 0.387 e. The van der Waals surface area contributed by atoms with E-state index in [-0.39, 0.29) is 23.6 Å². The number of methoxy groups -OCH3 is 1. The van der Waals surface area contributed by atoms with Crippen molar-refractivity contribution in [3.05, 3.63) is 53.6 Å². The van der Waals surface area contributed by atoms with Gasteiger partial charge < -0.3 is 19.5 Å². The lowest BCUT2D eigenvalue weighted by molar-refractivity contribution is -0.118. The van der Waals surface area contributed by atoms with E-state index in [2.05, 4.69) is 10.1 Å². The number of carbonyl (C=O) groups excluding carboxylic acids is 2. The lowest BCUT2D eigenvalue weighted by Crippen LogP contribution is -2.16. The summed E-state index contributed by atoms with van der Waals surface area (Å²) < 4.78 is 39.4. The van der Waals surface area contributed by atoms with Crippen LogP contribution in [0.2, 0.25) is 0 Å². The maximum absolute atomic E-state index is 12.5. The van der Waals surface area contributed by atoms with E-state index in [0.29, 0.717) is 11.1 Å². The molecule has 0 fully saturated rings. The van der Waals surface area contributed by atoms with Crippen molar-refractivity contribution in [2.45, 2.75) is 19.1 Å². The number of fused-ring (bicyclic) bond motifs is 1. The minimum atomic E-state index is -3.02. The number of hydrogen-bond acceptors (Lipinski definition) is 5. The number of carbonyl (C=O) groups is 2. The second-order valence-corrected chi connectivity index (χ2v) is 5.48. The molecule has 0 saturated carbocycles. The van der Waals surface area contributed by atoms with Gasteiger partial charge in [0.05, 0.1) is 19.1 Å². The fraction of sp³-hybridized carbons (Fsp3) is 0.222. The van der Waals surface area contributed by atoms with Crippen LogP contribution in [0.3, 0.4) is 0 Å². The number of rotatable bonds is 6. The van der Waals surface area contributed by atoms with E-state index in [1.165, 1.54) is 25.3 Å². The topological polar surface area (TPSA) is 73.9 Å². The average molecular weight is 363 g/mol. The molecule has 1 amide bonds. The van der Waals surface area contributed by atoms with Gasteiger partial charge >= 0.3 is 12.6 Å². The molecule has 6 nitrogen and oxygen atoms in total. The molecule has 3 rings (SSSR count). The predicted octanol–water partition coefficient (Wildman–Crippen LogP) is 3.54. The number of amides is 1. The van der Waals surface area contributed by atoms with Crippen LogP contribution in [0.25, 0.3) is 0 Å². The molecule has 1 aliphatic heterocycles. The lowest BCUT2D eigenvalue weighted by atomic mass is 10.0. The molecule has 1 atom stereocenters. The van der Waals surface area contributed by atoms with Crippen LogP contribution in [0, 0.1) is 0 Å². The Labute approximate surface area is 147 Å². The Hall–Kier alpha value is -3.16. The molecule has 0 aromatic heterocycles. The zero-order valence-electron chi connectivity index (χ0n) is 13.7. The molecule has 1 unspecified atom stereocenters. The highest BCUT2D eigenvalue weighted by molar-refractivity contribution is 5.96. The third-order valence-electron chi connectivity index (χ3n) is 3.81. The Bertz CT molecular complexity index is 840. The Balaban J connectivity index is 1.70. The van der Waals surface area contributed by atoms with Gasteiger partial charge in [-0.05, 0) is 18.2 Å². The largest absolute Gasteiger partial charge is 0.493 e. The lowest BCUT2D eigenvalue weighted by Gasteiger charge is -2.13. The van der Waals surface area contributed by atoms with Crippen LogP contribution < -0.4 is 14.8 Å². The molecule has 1 N–H and O–H groups in total. The van der Waals surface area contributed by atoms with E-state index in [0.717, 1.165) is 0 Å². The van der Waals surface area contributed by atoms with Crippen LogP contribution in [-0.4, -0.2) is 25.6 Å². The Kier molecular flexibility index (Phi) is 5.01. The van der Waals surface area contributed by atoms with Crippen molar-refractivity contribution < 1.29 is 32.6 Å². The van der Waals surface area contributed by atoms with Gasteiger partial charge in [0.15, 0.2) is 11.5 Å². The van der Waals surface area contributed by atoms with Gasteiger partial charge in [0.2, 0.25) is 5.91 Å². The monoisotopic (exact) mass is 363 g/mol. The first-order valence-electron chi connectivity index (χ1n) is 7.70. The molecule has 2 aromatic carbocycles. The fourth-order valence-corrected chi connectivity index (χ4v) is 2.69. The molecule has 8 heteroatoms. The van der Waals surface area contributed by atoms with Crippen molar-refractivity contribution in [1.29, 1.82) is 0 Å². The first kappa shape index (κ1) is 17.7.